The maximum atomic E-state index is 13.1. The monoisotopic (exact) mass is 417 g/mol. The number of rotatable bonds is 7. The second kappa shape index (κ2) is 8.16. The minimum absolute atomic E-state index is 0.00684. The van der Waals surface area contributed by atoms with Crippen molar-refractivity contribution in [1.29, 1.82) is 0 Å². The van der Waals surface area contributed by atoms with Gasteiger partial charge in [0, 0.05) is 17.4 Å². The molecule has 0 aromatic carbocycles. The Bertz CT molecular complexity index is 745. The maximum absolute atomic E-state index is 13.1. The molecule has 2 saturated carbocycles. The van der Waals surface area contributed by atoms with Crippen LogP contribution in [0.15, 0.2) is 23.3 Å². The van der Waals surface area contributed by atoms with Gasteiger partial charge in [-0.25, -0.2) is 0 Å². The molecule has 0 bridgehead atoms. The van der Waals surface area contributed by atoms with Gasteiger partial charge in [0.05, 0.1) is 6.10 Å². The van der Waals surface area contributed by atoms with E-state index in [0.717, 1.165) is 51.4 Å². The first-order valence-corrected chi connectivity index (χ1v) is 11.9. The van der Waals surface area contributed by atoms with Crippen LogP contribution in [-0.2, 0) is 9.53 Å². The molecule has 0 heterocycles. The van der Waals surface area contributed by atoms with E-state index in [0.29, 0.717) is 31.4 Å². The van der Waals surface area contributed by atoms with Gasteiger partial charge < -0.3 is 20.7 Å². The molecule has 4 aliphatic carbocycles. The number of fused-ring (bicyclic) bond motifs is 5. The van der Waals surface area contributed by atoms with Crippen molar-refractivity contribution in [1.82, 2.24) is 0 Å². The average molecular weight is 418 g/mol. The van der Waals surface area contributed by atoms with Crippen LogP contribution in [0.1, 0.15) is 71.6 Å². The number of ether oxygens (including phenoxy) is 1. The van der Waals surface area contributed by atoms with Crippen molar-refractivity contribution in [3.05, 3.63) is 23.3 Å². The van der Waals surface area contributed by atoms with Gasteiger partial charge in [0.1, 0.15) is 12.2 Å². The number of aliphatic hydroxyl groups excluding tert-OH is 1. The highest BCUT2D eigenvalue weighted by Gasteiger charge is 2.64. The van der Waals surface area contributed by atoms with Gasteiger partial charge in [-0.2, -0.15) is 0 Å². The predicted molar refractivity (Wildman–Crippen MR) is 117 cm³/mol. The molecule has 0 aromatic rings. The molecule has 0 radical (unpaired) electrons. The van der Waals surface area contributed by atoms with Crippen LogP contribution in [-0.4, -0.2) is 47.5 Å². The number of Topliss-reactive ketones (excluding diaryl/α,β-unsaturated/α-hetero) is 1. The van der Waals surface area contributed by atoms with E-state index in [2.05, 4.69) is 26.0 Å². The van der Waals surface area contributed by atoms with Gasteiger partial charge in [-0.3, -0.25) is 4.79 Å². The Morgan fingerprint density at radius 3 is 2.80 bits per heavy atom. The predicted octanol–water partition coefficient (Wildman–Crippen LogP) is 3.29. The molecular weight excluding hydrogens is 378 g/mol. The zero-order valence-corrected chi connectivity index (χ0v) is 18.7. The lowest BCUT2D eigenvalue weighted by atomic mass is 9.50. The van der Waals surface area contributed by atoms with Crippen molar-refractivity contribution < 1.29 is 19.7 Å². The van der Waals surface area contributed by atoms with Gasteiger partial charge in [-0.1, -0.05) is 37.1 Å². The lowest BCUT2D eigenvalue weighted by Crippen LogP contribution is -2.55. The second-order valence-electron chi connectivity index (χ2n) is 10.5. The van der Waals surface area contributed by atoms with Crippen LogP contribution in [0.2, 0.25) is 0 Å². The summed E-state index contributed by atoms with van der Waals surface area (Å²) in [5.74, 6) is 0.600. The summed E-state index contributed by atoms with van der Waals surface area (Å²) >= 11 is 0. The summed E-state index contributed by atoms with van der Waals surface area (Å²) in [6.45, 7) is 5.61. The van der Waals surface area contributed by atoms with Gasteiger partial charge in [0.2, 0.25) is 0 Å². The van der Waals surface area contributed by atoms with Crippen molar-refractivity contribution in [2.24, 2.45) is 28.4 Å². The van der Waals surface area contributed by atoms with Crippen LogP contribution in [0.25, 0.3) is 0 Å². The summed E-state index contributed by atoms with van der Waals surface area (Å²) in [7, 11) is 0. The molecule has 0 saturated heterocycles. The summed E-state index contributed by atoms with van der Waals surface area (Å²) in [5.41, 5.74) is 6.72. The van der Waals surface area contributed by atoms with E-state index in [4.69, 9.17) is 10.5 Å². The Morgan fingerprint density at radius 2 is 2.03 bits per heavy atom. The van der Waals surface area contributed by atoms with Crippen LogP contribution in [0.3, 0.4) is 0 Å². The molecule has 3 unspecified atom stereocenters. The van der Waals surface area contributed by atoms with Gasteiger partial charge in [0.25, 0.3) is 0 Å². The van der Waals surface area contributed by atoms with Gasteiger partial charge in [0.15, 0.2) is 5.78 Å². The summed E-state index contributed by atoms with van der Waals surface area (Å²) in [5, 5.41) is 21.7. The van der Waals surface area contributed by atoms with Crippen molar-refractivity contribution >= 4 is 5.78 Å². The summed E-state index contributed by atoms with van der Waals surface area (Å²) in [6, 6.07) is 0. The number of hydrogen-bond donors (Lipinski definition) is 3. The Hall–Kier alpha value is -1.01. The Labute approximate surface area is 180 Å². The number of carbonyl (C=O) groups excluding carboxylic acids is 1. The van der Waals surface area contributed by atoms with E-state index < -0.39 is 11.0 Å². The molecule has 30 heavy (non-hydrogen) atoms. The molecule has 168 valence electrons. The van der Waals surface area contributed by atoms with E-state index in [9.17, 15) is 15.0 Å². The Balaban J connectivity index is 1.53. The van der Waals surface area contributed by atoms with E-state index in [1.165, 1.54) is 11.1 Å². The molecule has 2 fully saturated rings. The number of nitrogens with two attached hydrogens (primary N) is 1. The molecule has 0 aliphatic heterocycles. The number of unbranched alkanes of at least 4 members (excludes halogenated alkanes) is 1. The van der Waals surface area contributed by atoms with E-state index in [-0.39, 0.29) is 23.9 Å². The Kier molecular flexibility index (Phi) is 6.04. The third kappa shape index (κ3) is 3.33. The zero-order valence-electron chi connectivity index (χ0n) is 18.7. The normalized spacial score (nSPS) is 42.6. The van der Waals surface area contributed by atoms with Crippen LogP contribution in [0.4, 0.5) is 0 Å². The highest BCUT2D eigenvalue weighted by atomic mass is 16.5. The lowest BCUT2D eigenvalue weighted by Gasteiger charge is -2.55. The van der Waals surface area contributed by atoms with E-state index >= 15 is 0 Å². The van der Waals surface area contributed by atoms with Crippen molar-refractivity contribution in [2.75, 3.05) is 19.8 Å². The van der Waals surface area contributed by atoms with Gasteiger partial charge in [-0.15, -0.1) is 0 Å². The molecular formula is C25H39NO4. The average Bonchev–Trinajstić information content (AvgIpc) is 3.00. The number of carbonyl (C=O) groups is 1. The van der Waals surface area contributed by atoms with Crippen LogP contribution < -0.4 is 5.73 Å². The topological polar surface area (TPSA) is 92.8 Å². The van der Waals surface area contributed by atoms with Crippen molar-refractivity contribution in [3.63, 3.8) is 0 Å². The second-order valence-corrected chi connectivity index (χ2v) is 10.5. The first-order chi connectivity index (χ1) is 14.3. The van der Waals surface area contributed by atoms with E-state index in [1.54, 1.807) is 0 Å². The Morgan fingerprint density at radius 1 is 1.23 bits per heavy atom. The van der Waals surface area contributed by atoms with Crippen molar-refractivity contribution in [3.8, 4) is 0 Å². The first kappa shape index (κ1) is 22.2. The minimum Gasteiger partial charge on any atom is -0.389 e. The summed E-state index contributed by atoms with van der Waals surface area (Å²) < 4.78 is 5.59. The fourth-order valence-corrected chi connectivity index (χ4v) is 7.11. The number of ketones is 1. The molecule has 4 rings (SSSR count). The molecule has 5 nitrogen and oxygen atoms in total. The van der Waals surface area contributed by atoms with Crippen LogP contribution in [0, 0.1) is 22.7 Å². The number of allylic oxidation sites excluding steroid dienone is 3. The quantitative estimate of drug-likeness (QED) is 0.437. The first-order valence-electron chi connectivity index (χ1n) is 11.9. The van der Waals surface area contributed by atoms with Gasteiger partial charge >= 0.3 is 0 Å². The largest absolute Gasteiger partial charge is 0.389 e. The number of hydrogen-bond acceptors (Lipinski definition) is 5. The molecule has 4 aliphatic rings. The summed E-state index contributed by atoms with van der Waals surface area (Å²) in [6.07, 6.45) is 11.9. The van der Waals surface area contributed by atoms with Crippen LogP contribution in [0.5, 0.6) is 0 Å². The fraction of sp³-hybridized carbons (Fsp3) is 0.800. The maximum Gasteiger partial charge on any atom is 0.190 e. The van der Waals surface area contributed by atoms with Gasteiger partial charge in [-0.05, 0) is 76.2 Å². The van der Waals surface area contributed by atoms with E-state index in [1.807, 2.05) is 0 Å². The highest BCUT2D eigenvalue weighted by molar-refractivity contribution is 5.89. The third-order valence-electron chi connectivity index (χ3n) is 9.05. The molecule has 0 spiro atoms. The standard InChI is InChI=1S/C25H39NO4/c1-23-10-7-18(27)15-17(23)5-6-19-20(23)8-11-24(2)21(19)9-12-25(24,29)22(28)16-30-14-4-3-13-26/h8,15,18-19,21,27,29H,3-7,9-14,16,26H2,1-2H3/t18?,19?,21?,23-,24-,25-/m0/s1. The van der Waals surface area contributed by atoms with Crippen molar-refractivity contribution in [2.45, 2.75) is 83.3 Å². The molecule has 5 heteroatoms. The SMILES string of the molecule is C[C@]12CCC(O)C=C1CCC1C2=CC[C@@]2(C)C1CC[C@]2(O)C(=O)COCCCCN. The fourth-order valence-electron chi connectivity index (χ4n) is 7.11. The third-order valence-corrected chi connectivity index (χ3v) is 9.05. The zero-order chi connectivity index (χ0) is 21.6. The molecule has 4 N–H and O–H groups in total. The smallest absolute Gasteiger partial charge is 0.190 e. The molecule has 0 aromatic heterocycles. The van der Waals surface area contributed by atoms with Crippen LogP contribution >= 0.6 is 0 Å². The minimum atomic E-state index is -1.30. The number of aliphatic hydroxyl groups is 2. The highest BCUT2D eigenvalue weighted by Crippen LogP contribution is 2.65. The lowest BCUT2D eigenvalue weighted by molar-refractivity contribution is -0.157. The molecule has 6 atom stereocenters. The summed E-state index contributed by atoms with van der Waals surface area (Å²) in [4.78, 5) is 13.1. The molecule has 0 amide bonds.